The Bertz CT molecular complexity index is 694. The Labute approximate surface area is 126 Å². The summed E-state index contributed by atoms with van der Waals surface area (Å²) in [6.45, 7) is 2.08. The molecule has 3 aromatic rings. The predicted molar refractivity (Wildman–Crippen MR) is 79.8 cm³/mol. The van der Waals surface area contributed by atoms with Crippen molar-refractivity contribution in [2.45, 2.75) is 30.7 Å². The number of aryl methyl sites for hydroxylation is 1. The monoisotopic (exact) mass is 301 g/mol. The van der Waals surface area contributed by atoms with Crippen LogP contribution >= 0.6 is 11.8 Å². The van der Waals surface area contributed by atoms with Crippen molar-refractivity contribution in [3.8, 4) is 11.5 Å². The highest BCUT2D eigenvalue weighted by Crippen LogP contribution is 2.25. The molecule has 108 valence electrons. The van der Waals surface area contributed by atoms with Gasteiger partial charge in [0.1, 0.15) is 5.76 Å². The van der Waals surface area contributed by atoms with Gasteiger partial charge in [-0.05, 0) is 18.6 Å². The minimum absolute atomic E-state index is 0.566. The number of hydrogen-bond donors (Lipinski definition) is 0. The van der Waals surface area contributed by atoms with Gasteiger partial charge in [0, 0.05) is 12.0 Å². The van der Waals surface area contributed by atoms with E-state index in [2.05, 4.69) is 22.1 Å². The number of aromatic nitrogens is 3. The Hall–Kier alpha value is -2.08. The summed E-state index contributed by atoms with van der Waals surface area (Å²) in [7, 11) is 0. The predicted octanol–water partition coefficient (Wildman–Crippen LogP) is 3.97. The first-order chi connectivity index (χ1) is 10.3. The smallest absolute Gasteiger partial charge is 0.277 e. The van der Waals surface area contributed by atoms with Crippen LogP contribution in [0.15, 0.2) is 50.6 Å². The first-order valence-electron chi connectivity index (χ1n) is 6.80. The maximum Gasteiger partial charge on any atom is 0.277 e. The first-order valence-corrected chi connectivity index (χ1v) is 7.79. The average Bonchev–Trinajstić information content (AvgIpc) is 3.16. The van der Waals surface area contributed by atoms with Crippen molar-refractivity contribution in [1.82, 2.24) is 15.2 Å². The van der Waals surface area contributed by atoms with Gasteiger partial charge in [0.05, 0.1) is 11.9 Å². The SMILES string of the molecule is CCCc1nnc(SCc2cnc(-c3ccccc3)o2)o1. The lowest BCUT2D eigenvalue weighted by Gasteiger charge is -1.94. The third-order valence-electron chi connectivity index (χ3n) is 2.82. The molecule has 0 bridgehead atoms. The highest BCUT2D eigenvalue weighted by Gasteiger charge is 2.10. The highest BCUT2D eigenvalue weighted by atomic mass is 32.2. The fraction of sp³-hybridized carbons (Fsp3) is 0.267. The topological polar surface area (TPSA) is 65.0 Å². The van der Waals surface area contributed by atoms with Gasteiger partial charge in [-0.1, -0.05) is 36.9 Å². The van der Waals surface area contributed by atoms with E-state index in [0.717, 1.165) is 24.2 Å². The van der Waals surface area contributed by atoms with Crippen LogP contribution in [0.4, 0.5) is 0 Å². The van der Waals surface area contributed by atoms with Crippen LogP contribution in [0, 0.1) is 0 Å². The second kappa shape index (κ2) is 6.58. The number of hydrogen-bond acceptors (Lipinski definition) is 6. The van der Waals surface area contributed by atoms with Crippen LogP contribution in [0.2, 0.25) is 0 Å². The van der Waals surface area contributed by atoms with Crippen molar-refractivity contribution < 1.29 is 8.83 Å². The number of oxazole rings is 1. The Morgan fingerprint density at radius 1 is 1.10 bits per heavy atom. The van der Waals surface area contributed by atoms with Gasteiger partial charge in [0.25, 0.3) is 5.22 Å². The van der Waals surface area contributed by atoms with E-state index in [1.165, 1.54) is 11.8 Å². The summed E-state index contributed by atoms with van der Waals surface area (Å²) in [5, 5.41) is 8.55. The van der Waals surface area contributed by atoms with Crippen LogP contribution in [0.1, 0.15) is 25.0 Å². The number of rotatable bonds is 6. The van der Waals surface area contributed by atoms with Gasteiger partial charge in [-0.2, -0.15) is 0 Å². The molecule has 0 saturated heterocycles. The van der Waals surface area contributed by atoms with E-state index in [9.17, 15) is 0 Å². The van der Waals surface area contributed by atoms with Gasteiger partial charge < -0.3 is 8.83 Å². The number of nitrogens with zero attached hydrogens (tertiary/aromatic N) is 3. The Balaban J connectivity index is 1.62. The minimum Gasteiger partial charge on any atom is -0.440 e. The summed E-state index contributed by atoms with van der Waals surface area (Å²) in [4.78, 5) is 4.29. The maximum absolute atomic E-state index is 5.72. The number of benzene rings is 1. The van der Waals surface area contributed by atoms with Crippen molar-refractivity contribution in [2.24, 2.45) is 0 Å². The molecular weight excluding hydrogens is 286 g/mol. The second-order valence-corrected chi connectivity index (χ2v) is 5.42. The van der Waals surface area contributed by atoms with Gasteiger partial charge in [0.15, 0.2) is 0 Å². The van der Waals surface area contributed by atoms with Crippen LogP contribution in [0.3, 0.4) is 0 Å². The molecule has 0 aliphatic rings. The van der Waals surface area contributed by atoms with Gasteiger partial charge in [-0.3, -0.25) is 0 Å². The summed E-state index contributed by atoms with van der Waals surface area (Å²) >= 11 is 1.45. The number of thioether (sulfide) groups is 1. The summed E-state index contributed by atoms with van der Waals surface area (Å²) < 4.78 is 11.2. The van der Waals surface area contributed by atoms with E-state index in [-0.39, 0.29) is 0 Å². The molecule has 21 heavy (non-hydrogen) atoms. The zero-order valence-electron chi connectivity index (χ0n) is 11.7. The molecule has 0 N–H and O–H groups in total. The molecule has 0 saturated carbocycles. The molecule has 1 aromatic carbocycles. The molecule has 0 spiro atoms. The van der Waals surface area contributed by atoms with Crippen LogP contribution in [0.5, 0.6) is 0 Å². The maximum atomic E-state index is 5.72. The standard InChI is InChI=1S/C15H15N3O2S/c1-2-6-13-17-18-15(20-13)21-10-12-9-16-14(19-12)11-7-4-3-5-8-11/h3-5,7-9H,2,6,10H2,1H3. The lowest BCUT2D eigenvalue weighted by molar-refractivity contribution is 0.411. The molecule has 2 heterocycles. The van der Waals surface area contributed by atoms with Crippen molar-refractivity contribution in [1.29, 1.82) is 0 Å². The lowest BCUT2D eigenvalue weighted by atomic mass is 10.2. The van der Waals surface area contributed by atoms with E-state index in [1.807, 2.05) is 30.3 Å². The lowest BCUT2D eigenvalue weighted by Crippen LogP contribution is -1.80. The van der Waals surface area contributed by atoms with Gasteiger partial charge >= 0.3 is 0 Å². The largest absolute Gasteiger partial charge is 0.440 e. The Morgan fingerprint density at radius 3 is 2.76 bits per heavy atom. The van der Waals surface area contributed by atoms with E-state index in [4.69, 9.17) is 8.83 Å². The minimum atomic E-state index is 0.566. The van der Waals surface area contributed by atoms with E-state index < -0.39 is 0 Å². The molecule has 0 radical (unpaired) electrons. The normalized spacial score (nSPS) is 10.9. The van der Waals surface area contributed by atoms with Crippen molar-refractivity contribution in [3.05, 3.63) is 48.2 Å². The molecule has 6 heteroatoms. The molecule has 0 amide bonds. The first kappa shape index (κ1) is 13.9. The molecular formula is C15H15N3O2S. The average molecular weight is 301 g/mol. The molecule has 2 aromatic heterocycles. The van der Waals surface area contributed by atoms with E-state index >= 15 is 0 Å². The van der Waals surface area contributed by atoms with Crippen LogP contribution in [-0.2, 0) is 12.2 Å². The van der Waals surface area contributed by atoms with Gasteiger partial charge in [0.2, 0.25) is 11.8 Å². The van der Waals surface area contributed by atoms with Crippen LogP contribution in [-0.4, -0.2) is 15.2 Å². The Kier molecular flexibility index (Phi) is 4.35. The third-order valence-corrected chi connectivity index (χ3v) is 3.67. The van der Waals surface area contributed by atoms with Gasteiger partial charge in [-0.15, -0.1) is 10.2 Å². The molecule has 0 unspecified atom stereocenters. The van der Waals surface area contributed by atoms with Gasteiger partial charge in [-0.25, -0.2) is 4.98 Å². The fourth-order valence-corrected chi connectivity index (χ4v) is 2.49. The van der Waals surface area contributed by atoms with E-state index in [1.54, 1.807) is 6.20 Å². The molecule has 5 nitrogen and oxygen atoms in total. The molecule has 3 rings (SSSR count). The highest BCUT2D eigenvalue weighted by molar-refractivity contribution is 7.98. The quantitative estimate of drug-likeness (QED) is 0.642. The summed E-state index contributed by atoms with van der Waals surface area (Å²) in [6.07, 6.45) is 3.54. The molecule has 0 aliphatic heterocycles. The van der Waals surface area contributed by atoms with Crippen LogP contribution in [0.25, 0.3) is 11.5 Å². The summed E-state index contributed by atoms with van der Waals surface area (Å²) in [5.41, 5.74) is 0.969. The van der Waals surface area contributed by atoms with Crippen molar-refractivity contribution in [2.75, 3.05) is 0 Å². The van der Waals surface area contributed by atoms with Crippen molar-refractivity contribution in [3.63, 3.8) is 0 Å². The van der Waals surface area contributed by atoms with Crippen molar-refractivity contribution >= 4 is 11.8 Å². The Morgan fingerprint density at radius 2 is 1.95 bits per heavy atom. The fourth-order valence-electron chi connectivity index (χ4n) is 1.83. The zero-order chi connectivity index (χ0) is 14.5. The zero-order valence-corrected chi connectivity index (χ0v) is 12.5. The summed E-state index contributed by atoms with van der Waals surface area (Å²) in [6, 6.07) is 9.82. The summed E-state index contributed by atoms with van der Waals surface area (Å²) in [5.74, 6) is 2.72. The molecule has 0 fully saturated rings. The van der Waals surface area contributed by atoms with Crippen LogP contribution < -0.4 is 0 Å². The third kappa shape index (κ3) is 3.52. The molecule has 0 atom stereocenters. The second-order valence-electron chi connectivity index (χ2n) is 4.50. The van der Waals surface area contributed by atoms with E-state index in [0.29, 0.717) is 22.8 Å². The molecule has 0 aliphatic carbocycles.